The summed E-state index contributed by atoms with van der Waals surface area (Å²) in [6.07, 6.45) is 4.83. The molecule has 1 heterocycles. The van der Waals surface area contributed by atoms with Crippen molar-refractivity contribution in [3.05, 3.63) is 83.9 Å². The summed E-state index contributed by atoms with van der Waals surface area (Å²) < 4.78 is 0. The van der Waals surface area contributed by atoms with E-state index in [1.807, 2.05) is 68.5 Å². The highest BCUT2D eigenvalue weighted by atomic mass is 16.3. The van der Waals surface area contributed by atoms with Crippen molar-refractivity contribution in [2.45, 2.75) is 32.8 Å². The zero-order valence-corrected chi connectivity index (χ0v) is 16.4. The fourth-order valence-corrected chi connectivity index (χ4v) is 2.52. The van der Waals surface area contributed by atoms with Gasteiger partial charge in [0.1, 0.15) is 5.71 Å². The number of nitrogens with zero attached hydrogens (tertiary/aromatic N) is 1. The highest BCUT2D eigenvalue weighted by Gasteiger charge is 2.13. The smallest absolute Gasteiger partial charge is 0.269 e. The first-order chi connectivity index (χ1) is 13.2. The van der Waals surface area contributed by atoms with Crippen molar-refractivity contribution in [1.82, 2.24) is 5.32 Å². The molecule has 4 heteroatoms. The molecule has 1 aliphatic heterocycles. The molecule has 0 aromatic heterocycles. The molecule has 1 amide bonds. The second-order valence-electron chi connectivity index (χ2n) is 5.65. The van der Waals surface area contributed by atoms with Gasteiger partial charge < -0.3 is 10.4 Å². The molecule has 0 fully saturated rings. The van der Waals surface area contributed by atoms with Gasteiger partial charge in [0.2, 0.25) is 0 Å². The summed E-state index contributed by atoms with van der Waals surface area (Å²) in [7, 11) is 1.62. The van der Waals surface area contributed by atoms with Gasteiger partial charge >= 0.3 is 0 Å². The van der Waals surface area contributed by atoms with Crippen LogP contribution < -0.4 is 5.32 Å². The molecular weight excluding hydrogens is 336 g/mol. The maximum atomic E-state index is 11.5. The van der Waals surface area contributed by atoms with E-state index < -0.39 is 0 Å². The fourth-order valence-electron chi connectivity index (χ4n) is 2.52. The Kier molecular flexibility index (Phi) is 11.1. The molecule has 0 saturated heterocycles. The highest BCUT2D eigenvalue weighted by molar-refractivity contribution is 6.43. The summed E-state index contributed by atoms with van der Waals surface area (Å²) in [5, 5.41) is 11.1. The number of carbonyl (C=O) groups excluding carboxylic acids is 1. The van der Waals surface area contributed by atoms with Crippen molar-refractivity contribution in [2.75, 3.05) is 13.6 Å². The van der Waals surface area contributed by atoms with E-state index in [9.17, 15) is 4.79 Å². The van der Waals surface area contributed by atoms with Gasteiger partial charge in [-0.05, 0) is 23.6 Å². The maximum absolute atomic E-state index is 11.5. The third kappa shape index (κ3) is 8.01. The highest BCUT2D eigenvalue weighted by Crippen LogP contribution is 2.22. The quantitative estimate of drug-likeness (QED) is 0.858. The van der Waals surface area contributed by atoms with E-state index in [0.29, 0.717) is 18.2 Å². The van der Waals surface area contributed by atoms with E-state index in [-0.39, 0.29) is 12.5 Å². The summed E-state index contributed by atoms with van der Waals surface area (Å²) in [4.78, 5) is 15.8. The van der Waals surface area contributed by atoms with E-state index in [2.05, 4.69) is 28.5 Å². The third-order valence-corrected chi connectivity index (χ3v) is 3.92. The Balaban J connectivity index is 0.000000305. The predicted molar refractivity (Wildman–Crippen MR) is 113 cm³/mol. The van der Waals surface area contributed by atoms with Crippen molar-refractivity contribution in [1.29, 1.82) is 0 Å². The van der Waals surface area contributed by atoms with Gasteiger partial charge in [-0.2, -0.15) is 0 Å². The van der Waals surface area contributed by atoms with Gasteiger partial charge in [-0.15, -0.1) is 0 Å². The number of aliphatic hydroxyl groups excluding tert-OH is 1. The predicted octanol–water partition coefficient (Wildman–Crippen LogP) is 4.12. The monoisotopic (exact) mass is 366 g/mol. The first-order valence-corrected chi connectivity index (χ1v) is 9.39. The summed E-state index contributed by atoms with van der Waals surface area (Å²) in [6.45, 7) is 4.83. The number of nitrogens with one attached hydrogen (secondary N) is 1. The molecule has 1 aliphatic rings. The molecule has 0 radical (unpaired) electrons. The molecule has 0 bridgehead atoms. The first kappa shape index (κ1) is 22.3. The minimum atomic E-state index is -0.116. The van der Waals surface area contributed by atoms with E-state index >= 15 is 0 Å². The number of aliphatic hydroxyl groups is 1. The molecule has 1 atom stereocenters. The van der Waals surface area contributed by atoms with Gasteiger partial charge in [0.05, 0.1) is 6.61 Å². The number of carbonyl (C=O) groups is 1. The Morgan fingerprint density at radius 2 is 1.67 bits per heavy atom. The van der Waals surface area contributed by atoms with Crippen LogP contribution in [0.2, 0.25) is 0 Å². The molecule has 0 spiro atoms. The minimum Gasteiger partial charge on any atom is -0.392 e. The van der Waals surface area contributed by atoms with Gasteiger partial charge in [0, 0.05) is 19.5 Å². The van der Waals surface area contributed by atoms with Gasteiger partial charge in [-0.3, -0.25) is 9.79 Å². The number of rotatable bonds is 3. The van der Waals surface area contributed by atoms with Crippen molar-refractivity contribution in [2.24, 2.45) is 4.99 Å². The summed E-state index contributed by atoms with van der Waals surface area (Å²) in [6, 6.07) is 19.8. The number of aliphatic imine (C=N–C) groups is 1. The van der Waals surface area contributed by atoms with Crippen molar-refractivity contribution in [3.63, 3.8) is 0 Å². The molecule has 0 aliphatic carbocycles. The van der Waals surface area contributed by atoms with Crippen molar-refractivity contribution < 1.29 is 9.90 Å². The maximum Gasteiger partial charge on any atom is 0.269 e. The standard InChI is InChI=1S/C14H16N2O.C7H8O.C2H6/c1-15-14(17)13-8-7-12(9-10-16-13)11-5-3-2-4-6-11;8-6-7-4-2-1-3-5-7;1-2/h2-8,12H,9-10H2,1H3,(H,15,17);1-5,8H,6H2;1-2H3. The summed E-state index contributed by atoms with van der Waals surface area (Å²) in [5.41, 5.74) is 2.76. The normalized spacial score (nSPS) is 15.1. The number of hydrogen-bond acceptors (Lipinski definition) is 3. The molecule has 3 rings (SSSR count). The van der Waals surface area contributed by atoms with E-state index in [0.717, 1.165) is 12.0 Å². The molecule has 2 aromatic rings. The molecule has 4 nitrogen and oxygen atoms in total. The molecular formula is C23H30N2O2. The molecule has 2 N–H and O–H groups in total. The zero-order chi connectivity index (χ0) is 19.9. The van der Waals surface area contributed by atoms with Crippen LogP contribution in [-0.2, 0) is 11.4 Å². The first-order valence-electron chi connectivity index (χ1n) is 9.39. The Hall–Kier alpha value is -2.72. The van der Waals surface area contributed by atoms with Crippen molar-refractivity contribution >= 4 is 11.6 Å². The molecule has 1 unspecified atom stereocenters. The van der Waals surface area contributed by atoms with Gasteiger partial charge in [-0.1, -0.05) is 80.6 Å². The van der Waals surface area contributed by atoms with E-state index in [1.54, 1.807) is 7.05 Å². The topological polar surface area (TPSA) is 61.7 Å². The van der Waals surface area contributed by atoms with Crippen LogP contribution in [0.4, 0.5) is 0 Å². The Labute approximate surface area is 162 Å². The Morgan fingerprint density at radius 3 is 2.19 bits per heavy atom. The van der Waals surface area contributed by atoms with Crippen molar-refractivity contribution in [3.8, 4) is 0 Å². The lowest BCUT2D eigenvalue weighted by Crippen LogP contribution is -2.26. The third-order valence-electron chi connectivity index (χ3n) is 3.92. The SMILES string of the molecule is CC.CNC(=O)C1=NCCC(c2ccccc2)C=C1.OCc1ccccc1. The van der Waals surface area contributed by atoms with Crippen LogP contribution in [-0.4, -0.2) is 30.3 Å². The molecule has 144 valence electrons. The average Bonchev–Trinajstić information content (AvgIpc) is 3.02. The van der Waals surface area contributed by atoms with E-state index in [4.69, 9.17) is 5.11 Å². The molecule has 0 saturated carbocycles. The van der Waals surface area contributed by atoms with Crippen LogP contribution in [0.25, 0.3) is 0 Å². The minimum absolute atomic E-state index is 0.116. The number of amides is 1. The second kappa shape index (κ2) is 13.5. The van der Waals surface area contributed by atoms with Gasteiger partial charge in [0.25, 0.3) is 5.91 Å². The van der Waals surface area contributed by atoms with Crippen LogP contribution in [0.3, 0.4) is 0 Å². The Morgan fingerprint density at radius 1 is 1.07 bits per heavy atom. The van der Waals surface area contributed by atoms with Crippen LogP contribution in [0.5, 0.6) is 0 Å². The fraction of sp³-hybridized carbons (Fsp3) is 0.304. The van der Waals surface area contributed by atoms with Crippen LogP contribution in [0.1, 0.15) is 37.3 Å². The van der Waals surface area contributed by atoms with Crippen LogP contribution in [0.15, 0.2) is 77.8 Å². The van der Waals surface area contributed by atoms with E-state index in [1.165, 1.54) is 5.56 Å². The molecule has 2 aromatic carbocycles. The lowest BCUT2D eigenvalue weighted by molar-refractivity contribution is -0.114. The number of benzene rings is 2. The summed E-state index contributed by atoms with van der Waals surface area (Å²) >= 11 is 0. The zero-order valence-electron chi connectivity index (χ0n) is 16.4. The lowest BCUT2D eigenvalue weighted by Gasteiger charge is -2.09. The summed E-state index contributed by atoms with van der Waals surface area (Å²) in [5.74, 6) is 0.233. The van der Waals surface area contributed by atoms with Gasteiger partial charge in [0.15, 0.2) is 0 Å². The largest absolute Gasteiger partial charge is 0.392 e. The number of allylic oxidation sites excluding steroid dienone is 1. The molecule has 27 heavy (non-hydrogen) atoms. The van der Waals surface area contributed by atoms with Gasteiger partial charge in [-0.25, -0.2) is 0 Å². The second-order valence-corrected chi connectivity index (χ2v) is 5.65. The van der Waals surface area contributed by atoms with Crippen LogP contribution in [0, 0.1) is 0 Å². The lowest BCUT2D eigenvalue weighted by atomic mass is 9.95. The average molecular weight is 367 g/mol. The Bertz CT molecular complexity index is 710. The number of hydrogen-bond donors (Lipinski definition) is 2. The van der Waals surface area contributed by atoms with Crippen LogP contribution >= 0.6 is 0 Å².